The van der Waals surface area contributed by atoms with Crippen molar-refractivity contribution in [1.29, 1.82) is 0 Å². The van der Waals surface area contributed by atoms with Gasteiger partial charge in [0.05, 0.1) is 6.61 Å². The fourth-order valence-corrected chi connectivity index (χ4v) is 3.72. The SMILES string of the molecule is C1=CCC(c2ccccc2CNCCOc2cccc3c2OCC3)C1. The quantitative estimate of drug-likeness (QED) is 0.607. The molecule has 0 atom stereocenters. The number of rotatable bonds is 7. The Bertz CT molecular complexity index is 745. The van der Waals surface area contributed by atoms with Gasteiger partial charge in [0.15, 0.2) is 11.5 Å². The molecule has 1 heterocycles. The molecule has 3 heteroatoms. The van der Waals surface area contributed by atoms with Crippen LogP contribution in [0.3, 0.4) is 0 Å². The van der Waals surface area contributed by atoms with Crippen molar-refractivity contribution in [2.75, 3.05) is 19.8 Å². The molecule has 0 aromatic heterocycles. The standard InChI is InChI=1S/C22H25NO2/c1-2-7-17(6-1)20-10-4-3-8-19(20)16-23-13-15-24-21-11-5-9-18-12-14-25-22(18)21/h1-5,8-11,17,23H,6-7,12-16H2. The van der Waals surface area contributed by atoms with Crippen LogP contribution in [0.4, 0.5) is 0 Å². The second-order valence-electron chi connectivity index (χ2n) is 6.71. The third-order valence-corrected chi connectivity index (χ3v) is 5.03. The Balaban J connectivity index is 1.27. The van der Waals surface area contributed by atoms with Gasteiger partial charge in [0.1, 0.15) is 6.61 Å². The normalized spacial score (nSPS) is 16.0. The maximum Gasteiger partial charge on any atom is 0.164 e. The van der Waals surface area contributed by atoms with Gasteiger partial charge in [0.2, 0.25) is 0 Å². The lowest BCUT2D eigenvalue weighted by Crippen LogP contribution is -2.21. The molecule has 2 aromatic carbocycles. The van der Waals surface area contributed by atoms with Crippen LogP contribution in [0.2, 0.25) is 0 Å². The Morgan fingerprint density at radius 2 is 1.92 bits per heavy atom. The molecule has 1 aliphatic carbocycles. The summed E-state index contributed by atoms with van der Waals surface area (Å²) in [5.74, 6) is 2.45. The minimum absolute atomic E-state index is 0.646. The van der Waals surface area contributed by atoms with Gasteiger partial charge in [-0.05, 0) is 36.0 Å². The first-order chi connectivity index (χ1) is 12.4. The average Bonchev–Trinajstić information content (AvgIpc) is 3.34. The van der Waals surface area contributed by atoms with E-state index in [1.807, 2.05) is 12.1 Å². The molecule has 130 valence electrons. The number of allylic oxidation sites excluding steroid dienone is 2. The zero-order chi connectivity index (χ0) is 16.9. The molecule has 2 aliphatic rings. The highest BCUT2D eigenvalue weighted by molar-refractivity contribution is 5.48. The highest BCUT2D eigenvalue weighted by Gasteiger charge is 2.17. The van der Waals surface area contributed by atoms with E-state index in [1.54, 1.807) is 0 Å². The summed E-state index contributed by atoms with van der Waals surface area (Å²) in [6, 6.07) is 14.9. The first-order valence-corrected chi connectivity index (χ1v) is 9.23. The van der Waals surface area contributed by atoms with E-state index in [9.17, 15) is 0 Å². The predicted octanol–water partition coefficient (Wildman–Crippen LogP) is 4.22. The van der Waals surface area contributed by atoms with Crippen molar-refractivity contribution >= 4 is 0 Å². The highest BCUT2D eigenvalue weighted by atomic mass is 16.5. The van der Waals surface area contributed by atoms with Crippen LogP contribution in [0, 0.1) is 0 Å². The third kappa shape index (κ3) is 3.72. The molecule has 1 aliphatic heterocycles. The summed E-state index contributed by atoms with van der Waals surface area (Å²) in [5, 5.41) is 3.52. The van der Waals surface area contributed by atoms with Crippen LogP contribution in [-0.4, -0.2) is 19.8 Å². The zero-order valence-electron chi connectivity index (χ0n) is 14.5. The summed E-state index contributed by atoms with van der Waals surface area (Å²) in [6.07, 6.45) is 7.91. The monoisotopic (exact) mass is 335 g/mol. The number of hydrogen-bond donors (Lipinski definition) is 1. The Labute approximate surface area is 149 Å². The first-order valence-electron chi connectivity index (χ1n) is 9.23. The lowest BCUT2D eigenvalue weighted by molar-refractivity contribution is 0.284. The second-order valence-corrected chi connectivity index (χ2v) is 6.71. The smallest absolute Gasteiger partial charge is 0.164 e. The molecule has 0 radical (unpaired) electrons. The van der Waals surface area contributed by atoms with Gasteiger partial charge >= 0.3 is 0 Å². The molecule has 4 rings (SSSR count). The van der Waals surface area contributed by atoms with Crippen molar-refractivity contribution in [2.24, 2.45) is 0 Å². The van der Waals surface area contributed by atoms with Crippen LogP contribution in [0.1, 0.15) is 35.4 Å². The number of para-hydroxylation sites is 1. The van der Waals surface area contributed by atoms with E-state index in [2.05, 4.69) is 47.8 Å². The van der Waals surface area contributed by atoms with E-state index in [1.165, 1.54) is 29.5 Å². The molecular weight excluding hydrogens is 310 g/mol. The summed E-state index contributed by atoms with van der Waals surface area (Å²) >= 11 is 0. The van der Waals surface area contributed by atoms with Gasteiger partial charge in [-0.15, -0.1) is 0 Å². The number of nitrogens with one attached hydrogen (secondary N) is 1. The van der Waals surface area contributed by atoms with Gasteiger partial charge in [-0.2, -0.15) is 0 Å². The number of ether oxygens (including phenoxy) is 2. The largest absolute Gasteiger partial charge is 0.489 e. The van der Waals surface area contributed by atoms with E-state index in [4.69, 9.17) is 9.47 Å². The predicted molar refractivity (Wildman–Crippen MR) is 100 cm³/mol. The Hall–Kier alpha value is -2.26. The van der Waals surface area contributed by atoms with Gasteiger partial charge in [-0.3, -0.25) is 0 Å². The Morgan fingerprint density at radius 3 is 2.84 bits per heavy atom. The summed E-state index contributed by atoms with van der Waals surface area (Å²) < 4.78 is 11.6. The van der Waals surface area contributed by atoms with E-state index in [0.29, 0.717) is 12.5 Å². The Morgan fingerprint density at radius 1 is 1.04 bits per heavy atom. The maximum absolute atomic E-state index is 5.92. The van der Waals surface area contributed by atoms with Crippen molar-refractivity contribution < 1.29 is 9.47 Å². The maximum atomic E-state index is 5.92. The molecule has 0 fully saturated rings. The first kappa shape index (κ1) is 16.2. The van der Waals surface area contributed by atoms with Crippen LogP contribution in [0.25, 0.3) is 0 Å². The number of fused-ring (bicyclic) bond motifs is 1. The van der Waals surface area contributed by atoms with E-state index in [0.717, 1.165) is 37.6 Å². The van der Waals surface area contributed by atoms with Gasteiger partial charge in [0, 0.05) is 25.1 Å². The van der Waals surface area contributed by atoms with Crippen LogP contribution in [0.5, 0.6) is 11.5 Å². The molecule has 0 spiro atoms. The lowest BCUT2D eigenvalue weighted by Gasteiger charge is -2.16. The van der Waals surface area contributed by atoms with Crippen molar-refractivity contribution in [3.63, 3.8) is 0 Å². The minimum atomic E-state index is 0.646. The number of hydrogen-bond acceptors (Lipinski definition) is 3. The molecule has 0 unspecified atom stereocenters. The summed E-state index contributed by atoms with van der Waals surface area (Å²) in [5.41, 5.74) is 4.14. The fourth-order valence-electron chi connectivity index (χ4n) is 3.72. The minimum Gasteiger partial charge on any atom is -0.489 e. The van der Waals surface area contributed by atoms with Crippen molar-refractivity contribution in [3.05, 3.63) is 71.3 Å². The molecular formula is C22H25NO2. The van der Waals surface area contributed by atoms with Crippen LogP contribution in [0.15, 0.2) is 54.6 Å². The number of benzene rings is 2. The lowest BCUT2D eigenvalue weighted by atomic mass is 9.92. The molecule has 0 bridgehead atoms. The Kier molecular flexibility index (Phi) is 5.03. The van der Waals surface area contributed by atoms with Crippen LogP contribution >= 0.6 is 0 Å². The molecule has 2 aromatic rings. The fraction of sp³-hybridized carbons (Fsp3) is 0.364. The van der Waals surface area contributed by atoms with E-state index >= 15 is 0 Å². The second kappa shape index (κ2) is 7.75. The highest BCUT2D eigenvalue weighted by Crippen LogP contribution is 2.35. The molecule has 25 heavy (non-hydrogen) atoms. The van der Waals surface area contributed by atoms with Gasteiger partial charge in [0.25, 0.3) is 0 Å². The summed E-state index contributed by atoms with van der Waals surface area (Å²) in [7, 11) is 0. The van der Waals surface area contributed by atoms with Crippen LogP contribution in [-0.2, 0) is 13.0 Å². The zero-order valence-corrected chi connectivity index (χ0v) is 14.5. The summed E-state index contributed by atoms with van der Waals surface area (Å²) in [6.45, 7) is 3.12. The molecule has 0 saturated heterocycles. The van der Waals surface area contributed by atoms with Gasteiger partial charge < -0.3 is 14.8 Å². The average molecular weight is 335 g/mol. The van der Waals surface area contributed by atoms with Crippen LogP contribution < -0.4 is 14.8 Å². The third-order valence-electron chi connectivity index (χ3n) is 5.03. The van der Waals surface area contributed by atoms with Crippen molar-refractivity contribution in [3.8, 4) is 11.5 Å². The molecule has 3 nitrogen and oxygen atoms in total. The molecule has 1 N–H and O–H groups in total. The van der Waals surface area contributed by atoms with E-state index < -0.39 is 0 Å². The summed E-state index contributed by atoms with van der Waals surface area (Å²) in [4.78, 5) is 0. The van der Waals surface area contributed by atoms with Gasteiger partial charge in [-0.1, -0.05) is 48.6 Å². The van der Waals surface area contributed by atoms with Gasteiger partial charge in [-0.25, -0.2) is 0 Å². The van der Waals surface area contributed by atoms with Crippen molar-refractivity contribution in [1.82, 2.24) is 5.32 Å². The van der Waals surface area contributed by atoms with E-state index in [-0.39, 0.29) is 0 Å². The topological polar surface area (TPSA) is 30.5 Å². The van der Waals surface area contributed by atoms with Crippen molar-refractivity contribution in [2.45, 2.75) is 31.7 Å². The molecule has 0 amide bonds. The molecule has 0 saturated carbocycles.